The van der Waals surface area contributed by atoms with Crippen LogP contribution in [0.25, 0.3) is 11.4 Å². The molecule has 0 spiro atoms. The summed E-state index contributed by atoms with van der Waals surface area (Å²) in [6, 6.07) is 3.79. The Balaban J connectivity index is 2.55. The lowest BCUT2D eigenvalue weighted by Gasteiger charge is -2.02. The minimum atomic E-state index is -0.0374. The second-order valence-electron chi connectivity index (χ2n) is 3.13. The molecule has 5 heteroatoms. The normalized spacial score (nSPS) is 10.6. The van der Waals surface area contributed by atoms with Crippen molar-refractivity contribution in [2.24, 2.45) is 7.05 Å². The van der Waals surface area contributed by atoms with Gasteiger partial charge in [-0.25, -0.2) is 4.98 Å². The standard InChI is InChI=1S/C10H10BrN3O/c1-14-8(6-15)9(11)13-10(14)7-3-2-4-12-5-7/h2-5,15H,6H2,1H3. The number of nitrogens with zero attached hydrogens (tertiary/aromatic N) is 3. The van der Waals surface area contributed by atoms with E-state index in [1.165, 1.54) is 0 Å². The van der Waals surface area contributed by atoms with Crippen LogP contribution in [0.4, 0.5) is 0 Å². The molecule has 0 fully saturated rings. The summed E-state index contributed by atoms with van der Waals surface area (Å²) in [6.07, 6.45) is 3.46. The lowest BCUT2D eigenvalue weighted by Crippen LogP contribution is -1.98. The molecule has 0 saturated carbocycles. The molecule has 0 aliphatic heterocycles. The fraction of sp³-hybridized carbons (Fsp3) is 0.200. The predicted molar refractivity (Wildman–Crippen MR) is 60.1 cm³/mol. The molecule has 0 aromatic carbocycles. The summed E-state index contributed by atoms with van der Waals surface area (Å²) in [5, 5.41) is 9.15. The van der Waals surface area contributed by atoms with Gasteiger partial charge in [0.1, 0.15) is 10.4 Å². The predicted octanol–water partition coefficient (Wildman–Crippen LogP) is 1.74. The van der Waals surface area contributed by atoms with Crippen LogP contribution in [0.2, 0.25) is 0 Å². The summed E-state index contributed by atoms with van der Waals surface area (Å²) in [5.74, 6) is 0.791. The van der Waals surface area contributed by atoms with Crippen LogP contribution in [-0.2, 0) is 13.7 Å². The Labute approximate surface area is 95.7 Å². The highest BCUT2D eigenvalue weighted by atomic mass is 79.9. The molecule has 15 heavy (non-hydrogen) atoms. The van der Waals surface area contributed by atoms with E-state index in [2.05, 4.69) is 25.9 Å². The van der Waals surface area contributed by atoms with Crippen LogP contribution < -0.4 is 0 Å². The molecule has 2 heterocycles. The molecular formula is C10H10BrN3O. The molecule has 0 aliphatic rings. The van der Waals surface area contributed by atoms with E-state index in [1.54, 1.807) is 12.4 Å². The summed E-state index contributed by atoms with van der Waals surface area (Å²) < 4.78 is 2.52. The highest BCUT2D eigenvalue weighted by Crippen LogP contribution is 2.23. The van der Waals surface area contributed by atoms with Crippen molar-refractivity contribution in [3.05, 3.63) is 34.8 Å². The van der Waals surface area contributed by atoms with Gasteiger partial charge in [0.25, 0.3) is 0 Å². The maximum absolute atomic E-state index is 9.15. The number of hydrogen-bond donors (Lipinski definition) is 1. The minimum Gasteiger partial charge on any atom is -0.390 e. The van der Waals surface area contributed by atoms with Crippen molar-refractivity contribution in [1.82, 2.24) is 14.5 Å². The first-order valence-electron chi connectivity index (χ1n) is 4.46. The number of pyridine rings is 1. The molecule has 78 valence electrons. The Morgan fingerprint density at radius 1 is 1.53 bits per heavy atom. The number of hydrogen-bond acceptors (Lipinski definition) is 3. The fourth-order valence-electron chi connectivity index (χ4n) is 1.42. The molecule has 2 aromatic heterocycles. The molecule has 0 unspecified atom stereocenters. The van der Waals surface area contributed by atoms with Gasteiger partial charge in [0.05, 0.1) is 12.3 Å². The van der Waals surface area contributed by atoms with Gasteiger partial charge in [-0.15, -0.1) is 0 Å². The Morgan fingerprint density at radius 2 is 2.33 bits per heavy atom. The third-order valence-corrected chi connectivity index (χ3v) is 2.87. The molecule has 0 radical (unpaired) electrons. The SMILES string of the molecule is Cn1c(-c2cccnc2)nc(Br)c1CO. The molecular weight excluding hydrogens is 258 g/mol. The van der Waals surface area contributed by atoms with Crippen molar-refractivity contribution in [2.75, 3.05) is 0 Å². The topological polar surface area (TPSA) is 50.9 Å². The van der Waals surface area contributed by atoms with Crippen LogP contribution in [-0.4, -0.2) is 19.6 Å². The van der Waals surface area contributed by atoms with E-state index < -0.39 is 0 Å². The van der Waals surface area contributed by atoms with Crippen molar-refractivity contribution in [1.29, 1.82) is 0 Å². The van der Waals surface area contributed by atoms with Crippen LogP contribution in [0.15, 0.2) is 29.1 Å². The van der Waals surface area contributed by atoms with E-state index in [1.807, 2.05) is 23.7 Å². The second-order valence-corrected chi connectivity index (χ2v) is 3.88. The summed E-state index contributed by atoms with van der Waals surface area (Å²) in [4.78, 5) is 8.37. The van der Waals surface area contributed by atoms with Gasteiger partial charge in [-0.1, -0.05) is 0 Å². The van der Waals surface area contributed by atoms with Crippen molar-refractivity contribution < 1.29 is 5.11 Å². The van der Waals surface area contributed by atoms with Gasteiger partial charge < -0.3 is 9.67 Å². The number of aliphatic hydroxyl groups is 1. The monoisotopic (exact) mass is 267 g/mol. The van der Waals surface area contributed by atoms with Crippen LogP contribution in [0, 0.1) is 0 Å². The third-order valence-electron chi connectivity index (χ3n) is 2.23. The van der Waals surface area contributed by atoms with E-state index in [0.29, 0.717) is 4.60 Å². The summed E-state index contributed by atoms with van der Waals surface area (Å²) in [5.41, 5.74) is 1.69. The van der Waals surface area contributed by atoms with Gasteiger partial charge in [-0.3, -0.25) is 4.98 Å². The molecule has 0 atom stereocenters. The zero-order valence-corrected chi connectivity index (χ0v) is 9.77. The molecule has 0 amide bonds. The number of rotatable bonds is 2. The molecule has 2 rings (SSSR count). The molecule has 4 nitrogen and oxygen atoms in total. The van der Waals surface area contributed by atoms with Crippen molar-refractivity contribution in [3.8, 4) is 11.4 Å². The van der Waals surface area contributed by atoms with Crippen LogP contribution in [0.5, 0.6) is 0 Å². The molecule has 0 aliphatic carbocycles. The smallest absolute Gasteiger partial charge is 0.142 e. The number of aromatic nitrogens is 3. The zero-order valence-electron chi connectivity index (χ0n) is 8.18. The Bertz CT molecular complexity index is 467. The number of aliphatic hydroxyl groups excluding tert-OH is 1. The van der Waals surface area contributed by atoms with Gasteiger partial charge >= 0.3 is 0 Å². The van der Waals surface area contributed by atoms with E-state index in [4.69, 9.17) is 5.11 Å². The van der Waals surface area contributed by atoms with Gasteiger partial charge in [0.2, 0.25) is 0 Å². The summed E-state index contributed by atoms with van der Waals surface area (Å²) in [7, 11) is 1.87. The summed E-state index contributed by atoms with van der Waals surface area (Å²) in [6.45, 7) is -0.0374. The van der Waals surface area contributed by atoms with Gasteiger partial charge in [0.15, 0.2) is 0 Å². The van der Waals surface area contributed by atoms with Gasteiger partial charge in [0, 0.05) is 25.0 Å². The van der Waals surface area contributed by atoms with Gasteiger partial charge in [-0.2, -0.15) is 0 Å². The lowest BCUT2D eigenvalue weighted by molar-refractivity contribution is 0.272. The average Bonchev–Trinajstić information content (AvgIpc) is 2.55. The fourth-order valence-corrected chi connectivity index (χ4v) is 1.98. The molecule has 0 saturated heterocycles. The molecule has 0 bridgehead atoms. The first-order valence-corrected chi connectivity index (χ1v) is 5.25. The molecule has 2 aromatic rings. The largest absolute Gasteiger partial charge is 0.390 e. The minimum absolute atomic E-state index is 0.0374. The van der Waals surface area contributed by atoms with E-state index in [-0.39, 0.29) is 6.61 Å². The van der Waals surface area contributed by atoms with E-state index in [0.717, 1.165) is 17.1 Å². The molecule has 1 N–H and O–H groups in total. The van der Waals surface area contributed by atoms with E-state index in [9.17, 15) is 0 Å². The van der Waals surface area contributed by atoms with Gasteiger partial charge in [-0.05, 0) is 28.1 Å². The van der Waals surface area contributed by atoms with Crippen molar-refractivity contribution in [3.63, 3.8) is 0 Å². The van der Waals surface area contributed by atoms with Crippen molar-refractivity contribution >= 4 is 15.9 Å². The first-order chi connectivity index (χ1) is 7.24. The van der Waals surface area contributed by atoms with Crippen molar-refractivity contribution in [2.45, 2.75) is 6.61 Å². The Kier molecular flexibility index (Phi) is 2.83. The third kappa shape index (κ3) is 1.80. The maximum Gasteiger partial charge on any atom is 0.142 e. The highest BCUT2D eigenvalue weighted by molar-refractivity contribution is 9.10. The number of imidazole rings is 1. The van der Waals surface area contributed by atoms with Crippen LogP contribution >= 0.6 is 15.9 Å². The highest BCUT2D eigenvalue weighted by Gasteiger charge is 2.12. The first kappa shape index (κ1) is 10.3. The summed E-state index contributed by atoms with van der Waals surface area (Å²) >= 11 is 3.31. The van der Waals surface area contributed by atoms with Crippen LogP contribution in [0.3, 0.4) is 0 Å². The van der Waals surface area contributed by atoms with E-state index >= 15 is 0 Å². The average molecular weight is 268 g/mol. The second kappa shape index (κ2) is 4.12. The lowest BCUT2D eigenvalue weighted by atomic mass is 10.3. The quantitative estimate of drug-likeness (QED) is 0.902. The Hall–Kier alpha value is -1.20. The van der Waals surface area contributed by atoms with Crippen LogP contribution in [0.1, 0.15) is 5.69 Å². The Morgan fingerprint density at radius 3 is 2.87 bits per heavy atom. The zero-order chi connectivity index (χ0) is 10.8. The number of halogens is 1. The maximum atomic E-state index is 9.15.